The van der Waals surface area contributed by atoms with Crippen molar-refractivity contribution in [3.63, 3.8) is 0 Å². The van der Waals surface area contributed by atoms with E-state index in [2.05, 4.69) is 39.1 Å². The molecule has 1 aromatic carbocycles. The van der Waals surface area contributed by atoms with Crippen molar-refractivity contribution in [3.8, 4) is 0 Å². The molecular weight excluding hydrogens is 366 g/mol. The Morgan fingerprint density at radius 2 is 1.88 bits per heavy atom. The average Bonchev–Trinajstić information content (AvgIpc) is 2.60. The smallest absolute Gasteiger partial charge is 0.0587 e. The van der Waals surface area contributed by atoms with Gasteiger partial charge in [0.2, 0.25) is 0 Å². The van der Waals surface area contributed by atoms with Crippen LogP contribution in [0.4, 0.5) is 11.4 Å². The topological polar surface area (TPSA) is 50.5 Å². The number of halogens is 1. The predicted octanol–water partition coefficient (Wildman–Crippen LogP) is 4.26. The first-order valence-corrected chi connectivity index (χ1v) is 10.1. The van der Waals surface area contributed by atoms with E-state index in [1.165, 1.54) is 51.6 Å². The number of anilines is 2. The standard InChI is InChI=1S/C19H30BrN3O/c1-2-24-17-6-4-16(5-7-17)23-11-9-15(10-12-23)22-19-13-14(20)3-8-18(19)21/h3,8,13,15-17,22H,2,4-7,9-12,21H2,1H3. The maximum absolute atomic E-state index is 6.08. The van der Waals surface area contributed by atoms with Gasteiger partial charge in [-0.3, -0.25) is 0 Å². The summed E-state index contributed by atoms with van der Waals surface area (Å²) in [5.74, 6) is 0. The van der Waals surface area contributed by atoms with E-state index >= 15 is 0 Å². The summed E-state index contributed by atoms with van der Waals surface area (Å²) in [7, 11) is 0. The Labute approximate surface area is 154 Å². The van der Waals surface area contributed by atoms with Gasteiger partial charge in [-0.15, -0.1) is 0 Å². The van der Waals surface area contributed by atoms with Gasteiger partial charge >= 0.3 is 0 Å². The third-order valence-corrected chi connectivity index (χ3v) is 5.96. The van der Waals surface area contributed by atoms with Gasteiger partial charge in [0.25, 0.3) is 0 Å². The molecular formula is C19H30BrN3O. The second-order valence-electron chi connectivity index (χ2n) is 7.07. The van der Waals surface area contributed by atoms with Crippen molar-refractivity contribution < 1.29 is 4.74 Å². The SMILES string of the molecule is CCOC1CCC(N2CCC(Nc3cc(Br)ccc3N)CC2)CC1. The van der Waals surface area contributed by atoms with Gasteiger partial charge in [-0.1, -0.05) is 15.9 Å². The number of benzene rings is 1. The molecule has 0 bridgehead atoms. The zero-order valence-corrected chi connectivity index (χ0v) is 16.2. The molecule has 0 atom stereocenters. The van der Waals surface area contributed by atoms with Gasteiger partial charge in [-0.05, 0) is 63.6 Å². The molecule has 0 unspecified atom stereocenters. The number of piperidine rings is 1. The third-order valence-electron chi connectivity index (χ3n) is 5.47. The normalized spacial score (nSPS) is 26.4. The van der Waals surface area contributed by atoms with Crippen molar-refractivity contribution in [1.82, 2.24) is 4.90 Å². The van der Waals surface area contributed by atoms with Crippen LogP contribution in [0.2, 0.25) is 0 Å². The van der Waals surface area contributed by atoms with Crippen LogP contribution < -0.4 is 11.1 Å². The molecule has 1 saturated heterocycles. The first-order valence-electron chi connectivity index (χ1n) is 9.33. The van der Waals surface area contributed by atoms with Crippen LogP contribution in [0.25, 0.3) is 0 Å². The Morgan fingerprint density at radius 1 is 1.17 bits per heavy atom. The van der Waals surface area contributed by atoms with E-state index in [1.807, 2.05) is 12.1 Å². The summed E-state index contributed by atoms with van der Waals surface area (Å²) in [6.07, 6.45) is 7.93. The van der Waals surface area contributed by atoms with Gasteiger partial charge < -0.3 is 20.7 Å². The number of nitrogens with zero attached hydrogens (tertiary/aromatic N) is 1. The van der Waals surface area contributed by atoms with Gasteiger partial charge in [0.15, 0.2) is 0 Å². The minimum absolute atomic E-state index is 0.505. The van der Waals surface area contributed by atoms with Gasteiger partial charge in [0.1, 0.15) is 0 Å². The van der Waals surface area contributed by atoms with E-state index < -0.39 is 0 Å². The molecule has 0 spiro atoms. The number of nitrogens with two attached hydrogens (primary N) is 1. The molecule has 5 heteroatoms. The molecule has 2 fully saturated rings. The van der Waals surface area contributed by atoms with E-state index in [0.29, 0.717) is 12.1 Å². The van der Waals surface area contributed by atoms with Crippen molar-refractivity contribution in [2.24, 2.45) is 0 Å². The van der Waals surface area contributed by atoms with Crippen molar-refractivity contribution in [2.75, 3.05) is 30.7 Å². The zero-order chi connectivity index (χ0) is 16.9. The Hall–Kier alpha value is -0.780. The van der Waals surface area contributed by atoms with Crippen LogP contribution in [-0.4, -0.2) is 42.8 Å². The summed E-state index contributed by atoms with van der Waals surface area (Å²) >= 11 is 3.52. The third kappa shape index (κ3) is 4.64. The summed E-state index contributed by atoms with van der Waals surface area (Å²) in [6.45, 7) is 5.33. The molecule has 1 aliphatic carbocycles. The monoisotopic (exact) mass is 395 g/mol. The molecule has 1 aliphatic heterocycles. The molecule has 1 aromatic rings. The summed E-state index contributed by atoms with van der Waals surface area (Å²) in [5, 5.41) is 3.64. The summed E-state index contributed by atoms with van der Waals surface area (Å²) in [5.41, 5.74) is 7.97. The molecule has 0 amide bonds. The molecule has 1 heterocycles. The summed E-state index contributed by atoms with van der Waals surface area (Å²) < 4.78 is 6.85. The number of ether oxygens (including phenoxy) is 1. The van der Waals surface area contributed by atoms with Crippen molar-refractivity contribution in [2.45, 2.75) is 63.6 Å². The van der Waals surface area contributed by atoms with Crippen LogP contribution in [0.3, 0.4) is 0 Å². The second-order valence-corrected chi connectivity index (χ2v) is 7.99. The Morgan fingerprint density at radius 3 is 2.54 bits per heavy atom. The zero-order valence-electron chi connectivity index (χ0n) is 14.6. The first kappa shape index (κ1) is 18.0. The largest absolute Gasteiger partial charge is 0.397 e. The number of nitrogen functional groups attached to an aromatic ring is 1. The summed E-state index contributed by atoms with van der Waals surface area (Å²) in [6, 6.07) is 7.31. The fourth-order valence-corrected chi connectivity index (χ4v) is 4.46. The molecule has 3 rings (SSSR count). The number of hydrogen-bond donors (Lipinski definition) is 2. The molecule has 2 aliphatic rings. The highest BCUT2D eigenvalue weighted by molar-refractivity contribution is 9.10. The van der Waals surface area contributed by atoms with Crippen molar-refractivity contribution in [3.05, 3.63) is 22.7 Å². The van der Waals surface area contributed by atoms with E-state index in [0.717, 1.165) is 28.5 Å². The van der Waals surface area contributed by atoms with Crippen LogP contribution in [-0.2, 0) is 4.74 Å². The fourth-order valence-electron chi connectivity index (χ4n) is 4.10. The molecule has 0 aromatic heterocycles. The van der Waals surface area contributed by atoms with Gasteiger partial charge in [-0.25, -0.2) is 0 Å². The highest BCUT2D eigenvalue weighted by Gasteiger charge is 2.29. The van der Waals surface area contributed by atoms with E-state index in [4.69, 9.17) is 10.5 Å². The van der Waals surface area contributed by atoms with E-state index in [-0.39, 0.29) is 0 Å². The van der Waals surface area contributed by atoms with Crippen molar-refractivity contribution >= 4 is 27.3 Å². The lowest BCUT2D eigenvalue weighted by Gasteiger charge is -2.41. The lowest BCUT2D eigenvalue weighted by Crippen LogP contribution is -2.46. The highest BCUT2D eigenvalue weighted by Crippen LogP contribution is 2.29. The lowest BCUT2D eigenvalue weighted by molar-refractivity contribution is 0.00994. The van der Waals surface area contributed by atoms with Crippen LogP contribution in [0.15, 0.2) is 22.7 Å². The van der Waals surface area contributed by atoms with Crippen LogP contribution in [0.1, 0.15) is 45.4 Å². The number of nitrogens with one attached hydrogen (secondary N) is 1. The Balaban J connectivity index is 1.45. The average molecular weight is 396 g/mol. The van der Waals surface area contributed by atoms with Gasteiger partial charge in [0.05, 0.1) is 17.5 Å². The minimum atomic E-state index is 0.505. The number of likely N-dealkylation sites (tertiary alicyclic amines) is 1. The predicted molar refractivity (Wildman–Crippen MR) is 104 cm³/mol. The minimum Gasteiger partial charge on any atom is -0.397 e. The molecule has 24 heavy (non-hydrogen) atoms. The molecule has 1 saturated carbocycles. The molecule has 4 nitrogen and oxygen atoms in total. The maximum atomic E-state index is 6.08. The molecule has 3 N–H and O–H groups in total. The quantitative estimate of drug-likeness (QED) is 0.731. The Kier molecular flexibility index (Phi) is 6.42. The van der Waals surface area contributed by atoms with Crippen molar-refractivity contribution in [1.29, 1.82) is 0 Å². The van der Waals surface area contributed by atoms with E-state index in [1.54, 1.807) is 0 Å². The van der Waals surface area contributed by atoms with E-state index in [9.17, 15) is 0 Å². The number of hydrogen-bond acceptors (Lipinski definition) is 4. The van der Waals surface area contributed by atoms with Crippen LogP contribution in [0.5, 0.6) is 0 Å². The molecule has 134 valence electrons. The Bertz CT molecular complexity index is 523. The summed E-state index contributed by atoms with van der Waals surface area (Å²) in [4.78, 5) is 2.70. The van der Waals surface area contributed by atoms with Gasteiger partial charge in [-0.2, -0.15) is 0 Å². The van der Waals surface area contributed by atoms with Crippen LogP contribution in [0, 0.1) is 0 Å². The first-order chi connectivity index (χ1) is 11.7. The van der Waals surface area contributed by atoms with Gasteiger partial charge in [0, 0.05) is 36.3 Å². The highest BCUT2D eigenvalue weighted by atomic mass is 79.9. The maximum Gasteiger partial charge on any atom is 0.0587 e. The lowest BCUT2D eigenvalue weighted by atomic mass is 9.90. The second kappa shape index (κ2) is 8.54. The van der Waals surface area contributed by atoms with Crippen LogP contribution >= 0.6 is 15.9 Å². The fraction of sp³-hybridized carbons (Fsp3) is 0.684. The molecule has 0 radical (unpaired) electrons. The number of rotatable bonds is 5.